The number of amides is 2. The van der Waals surface area contributed by atoms with E-state index < -0.39 is 0 Å². The number of para-hydroxylation sites is 1. The van der Waals surface area contributed by atoms with Crippen molar-refractivity contribution < 1.29 is 9.59 Å². The van der Waals surface area contributed by atoms with Crippen LogP contribution in [0.3, 0.4) is 0 Å². The fourth-order valence-corrected chi connectivity index (χ4v) is 4.01. The second-order valence-corrected chi connectivity index (χ2v) is 7.52. The van der Waals surface area contributed by atoms with Crippen LogP contribution in [0.15, 0.2) is 24.3 Å². The molecule has 26 heavy (non-hydrogen) atoms. The van der Waals surface area contributed by atoms with Gasteiger partial charge in [0.1, 0.15) is 0 Å². The molecule has 0 saturated carbocycles. The molecule has 1 aromatic rings. The van der Waals surface area contributed by atoms with E-state index in [1.807, 2.05) is 23.1 Å². The van der Waals surface area contributed by atoms with E-state index >= 15 is 0 Å². The molecule has 0 aliphatic carbocycles. The maximum absolute atomic E-state index is 12.8. The van der Waals surface area contributed by atoms with Crippen molar-refractivity contribution in [1.29, 1.82) is 0 Å². The van der Waals surface area contributed by atoms with E-state index in [1.165, 1.54) is 24.8 Å². The lowest BCUT2D eigenvalue weighted by Crippen LogP contribution is -2.44. The summed E-state index contributed by atoms with van der Waals surface area (Å²) < 4.78 is 0. The molecule has 2 heterocycles. The Labute approximate surface area is 155 Å². The van der Waals surface area contributed by atoms with Crippen LogP contribution in [0.2, 0.25) is 0 Å². The maximum atomic E-state index is 12.8. The maximum Gasteiger partial charge on any atom is 0.231 e. The first kappa shape index (κ1) is 18.9. The van der Waals surface area contributed by atoms with Crippen molar-refractivity contribution in [2.45, 2.75) is 38.6 Å². The summed E-state index contributed by atoms with van der Waals surface area (Å²) in [5.74, 6) is -0.380. The number of nitrogens with zero attached hydrogens (tertiary/aromatic N) is 2. The summed E-state index contributed by atoms with van der Waals surface area (Å²) in [7, 11) is 0. The summed E-state index contributed by atoms with van der Waals surface area (Å²) in [6.45, 7) is 4.81. The first-order valence-electron chi connectivity index (χ1n) is 9.73. The number of rotatable bonds is 6. The molecule has 2 fully saturated rings. The number of hydrogen-bond acceptors (Lipinski definition) is 4. The molecular weight excluding hydrogens is 328 g/mol. The molecule has 0 bridgehead atoms. The Morgan fingerprint density at radius 1 is 1.04 bits per heavy atom. The van der Waals surface area contributed by atoms with Crippen LogP contribution in [0, 0.1) is 5.92 Å². The highest BCUT2D eigenvalue weighted by molar-refractivity contribution is 5.93. The lowest BCUT2D eigenvalue weighted by molar-refractivity contribution is -0.124. The quantitative estimate of drug-likeness (QED) is 0.813. The molecule has 6 nitrogen and oxygen atoms in total. The lowest BCUT2D eigenvalue weighted by atomic mass is 9.96. The minimum absolute atomic E-state index is 0.0465. The molecule has 2 aliphatic heterocycles. The molecule has 2 saturated heterocycles. The van der Waals surface area contributed by atoms with Crippen LogP contribution in [-0.2, 0) is 16.1 Å². The SMILES string of the molecule is NC(=O)CN1CCCC(C(=O)Nc2ccccc2CN2CCCCC2)C1. The molecule has 1 unspecified atom stereocenters. The Morgan fingerprint density at radius 2 is 1.77 bits per heavy atom. The summed E-state index contributed by atoms with van der Waals surface area (Å²) in [4.78, 5) is 28.4. The molecule has 2 amide bonds. The summed E-state index contributed by atoms with van der Waals surface area (Å²) in [5.41, 5.74) is 7.38. The summed E-state index contributed by atoms with van der Waals surface area (Å²) in [6.07, 6.45) is 5.60. The molecule has 1 atom stereocenters. The van der Waals surface area contributed by atoms with Gasteiger partial charge < -0.3 is 11.1 Å². The lowest BCUT2D eigenvalue weighted by Gasteiger charge is -2.31. The number of nitrogens with two attached hydrogens (primary N) is 1. The van der Waals surface area contributed by atoms with Crippen LogP contribution in [0.25, 0.3) is 0 Å². The van der Waals surface area contributed by atoms with Crippen LogP contribution < -0.4 is 11.1 Å². The zero-order chi connectivity index (χ0) is 18.4. The van der Waals surface area contributed by atoms with Gasteiger partial charge in [0.15, 0.2) is 0 Å². The molecule has 0 radical (unpaired) electrons. The highest BCUT2D eigenvalue weighted by atomic mass is 16.2. The van der Waals surface area contributed by atoms with Crippen molar-refractivity contribution >= 4 is 17.5 Å². The van der Waals surface area contributed by atoms with Gasteiger partial charge >= 0.3 is 0 Å². The Balaban J connectivity index is 1.60. The monoisotopic (exact) mass is 358 g/mol. The number of primary amides is 1. The number of benzene rings is 1. The third-order valence-electron chi connectivity index (χ3n) is 5.37. The molecular formula is C20H30N4O2. The average molecular weight is 358 g/mol. The van der Waals surface area contributed by atoms with Crippen molar-refractivity contribution in [1.82, 2.24) is 9.80 Å². The normalized spacial score (nSPS) is 22.1. The Hall–Kier alpha value is -1.92. The van der Waals surface area contributed by atoms with Crippen molar-refractivity contribution in [2.75, 3.05) is 38.0 Å². The van der Waals surface area contributed by atoms with E-state index in [-0.39, 0.29) is 24.3 Å². The molecule has 3 rings (SSSR count). The van der Waals surface area contributed by atoms with Crippen molar-refractivity contribution in [3.63, 3.8) is 0 Å². The number of likely N-dealkylation sites (tertiary alicyclic amines) is 2. The molecule has 0 aromatic heterocycles. The van der Waals surface area contributed by atoms with Gasteiger partial charge in [-0.15, -0.1) is 0 Å². The Bertz CT molecular complexity index is 628. The molecule has 6 heteroatoms. The Morgan fingerprint density at radius 3 is 2.54 bits per heavy atom. The van der Waals surface area contributed by atoms with Gasteiger partial charge in [-0.3, -0.25) is 19.4 Å². The van der Waals surface area contributed by atoms with Crippen LogP contribution in [-0.4, -0.2) is 54.3 Å². The van der Waals surface area contributed by atoms with Gasteiger partial charge in [0.2, 0.25) is 11.8 Å². The standard InChI is InChI=1S/C20H30N4O2/c21-19(25)15-24-12-6-8-17(14-24)20(26)22-18-9-3-2-7-16(18)13-23-10-4-1-5-11-23/h2-3,7,9,17H,1,4-6,8,10-15H2,(H2,21,25)(H,22,26). The number of carbonyl (C=O) groups excluding carboxylic acids is 2. The third kappa shape index (κ3) is 5.29. The number of anilines is 1. The fraction of sp³-hybridized carbons (Fsp3) is 0.600. The van der Waals surface area contributed by atoms with Gasteiger partial charge in [-0.05, 0) is 56.9 Å². The molecule has 3 N–H and O–H groups in total. The summed E-state index contributed by atoms with van der Waals surface area (Å²) in [5, 5.41) is 3.14. The topological polar surface area (TPSA) is 78.7 Å². The van der Waals surface area contributed by atoms with Crippen LogP contribution >= 0.6 is 0 Å². The van der Waals surface area contributed by atoms with E-state index in [4.69, 9.17) is 5.73 Å². The third-order valence-corrected chi connectivity index (χ3v) is 5.37. The summed E-state index contributed by atoms with van der Waals surface area (Å²) >= 11 is 0. The number of carbonyl (C=O) groups is 2. The van der Waals surface area contributed by atoms with Crippen molar-refractivity contribution in [3.05, 3.63) is 29.8 Å². The van der Waals surface area contributed by atoms with Crippen LogP contribution in [0.4, 0.5) is 5.69 Å². The van der Waals surface area contributed by atoms with Crippen molar-refractivity contribution in [3.8, 4) is 0 Å². The smallest absolute Gasteiger partial charge is 0.231 e. The van der Waals surface area contributed by atoms with Crippen molar-refractivity contribution in [2.24, 2.45) is 11.7 Å². The highest BCUT2D eigenvalue weighted by Crippen LogP contribution is 2.23. The average Bonchev–Trinajstić information content (AvgIpc) is 2.64. The van der Waals surface area contributed by atoms with E-state index in [9.17, 15) is 9.59 Å². The van der Waals surface area contributed by atoms with E-state index in [0.717, 1.165) is 44.7 Å². The van der Waals surface area contributed by atoms with Crippen LogP contribution in [0.1, 0.15) is 37.7 Å². The summed E-state index contributed by atoms with van der Waals surface area (Å²) in [6, 6.07) is 8.09. The molecule has 1 aromatic carbocycles. The Kier molecular flexibility index (Phi) is 6.63. The first-order valence-corrected chi connectivity index (χ1v) is 9.73. The van der Waals surface area contributed by atoms with Gasteiger partial charge in [-0.2, -0.15) is 0 Å². The highest BCUT2D eigenvalue weighted by Gasteiger charge is 2.27. The van der Waals surface area contributed by atoms with Gasteiger partial charge in [0.05, 0.1) is 12.5 Å². The van der Waals surface area contributed by atoms with E-state index in [0.29, 0.717) is 6.54 Å². The second-order valence-electron chi connectivity index (χ2n) is 7.52. The number of hydrogen-bond donors (Lipinski definition) is 2. The molecule has 0 spiro atoms. The van der Waals surface area contributed by atoms with Gasteiger partial charge in [-0.25, -0.2) is 0 Å². The first-order chi connectivity index (χ1) is 12.6. The largest absolute Gasteiger partial charge is 0.369 e. The minimum atomic E-state index is -0.335. The van der Waals surface area contributed by atoms with Gasteiger partial charge in [0, 0.05) is 18.8 Å². The zero-order valence-electron chi connectivity index (χ0n) is 15.5. The van der Waals surface area contributed by atoms with Gasteiger partial charge in [0.25, 0.3) is 0 Å². The zero-order valence-corrected chi connectivity index (χ0v) is 15.5. The van der Waals surface area contributed by atoms with E-state index in [2.05, 4.69) is 16.3 Å². The molecule has 142 valence electrons. The van der Waals surface area contributed by atoms with Crippen LogP contribution in [0.5, 0.6) is 0 Å². The molecule has 2 aliphatic rings. The number of piperidine rings is 2. The minimum Gasteiger partial charge on any atom is -0.369 e. The van der Waals surface area contributed by atoms with E-state index in [1.54, 1.807) is 0 Å². The predicted octanol–water partition coefficient (Wildman–Crippen LogP) is 1.81. The second kappa shape index (κ2) is 9.14. The van der Waals surface area contributed by atoms with Gasteiger partial charge in [-0.1, -0.05) is 24.6 Å². The predicted molar refractivity (Wildman–Crippen MR) is 103 cm³/mol. The fourth-order valence-electron chi connectivity index (χ4n) is 4.01. The number of nitrogens with one attached hydrogen (secondary N) is 1.